The number of nitrogens with zero attached hydrogens (tertiary/aromatic N) is 1. The molecule has 0 unspecified atom stereocenters. The second-order valence-electron chi connectivity index (χ2n) is 6.14. The average Bonchev–Trinajstić information content (AvgIpc) is 2.83. The first-order valence-electron chi connectivity index (χ1n) is 7.05. The lowest BCUT2D eigenvalue weighted by Crippen LogP contribution is -2.47. The van der Waals surface area contributed by atoms with Crippen molar-refractivity contribution in [2.75, 3.05) is 20.1 Å². The summed E-state index contributed by atoms with van der Waals surface area (Å²) in [6.07, 6.45) is 5.00. The van der Waals surface area contributed by atoms with Crippen molar-refractivity contribution >= 4 is 0 Å². The van der Waals surface area contributed by atoms with Crippen LogP contribution in [0.2, 0.25) is 0 Å². The van der Waals surface area contributed by atoms with Crippen molar-refractivity contribution < 1.29 is 0 Å². The molecule has 0 aromatic heterocycles. The molecule has 1 aromatic carbocycles. The highest BCUT2D eigenvalue weighted by Crippen LogP contribution is 2.23. The average molecular weight is 246 g/mol. The van der Waals surface area contributed by atoms with Gasteiger partial charge in [0.15, 0.2) is 0 Å². The van der Waals surface area contributed by atoms with Gasteiger partial charge in [0.05, 0.1) is 0 Å². The first-order valence-corrected chi connectivity index (χ1v) is 7.05. The van der Waals surface area contributed by atoms with Crippen molar-refractivity contribution in [3.05, 3.63) is 34.9 Å². The van der Waals surface area contributed by atoms with Gasteiger partial charge in [0.25, 0.3) is 0 Å². The first-order chi connectivity index (χ1) is 8.53. The molecule has 1 aromatic rings. The Bertz CT molecular complexity index is 410. The predicted octanol–water partition coefficient (Wildman–Crippen LogP) is 2.39. The molecular formula is C16H26N2. The van der Waals surface area contributed by atoms with Gasteiger partial charge in [0.1, 0.15) is 0 Å². The number of aryl methyl sites for hydroxylation is 2. The van der Waals surface area contributed by atoms with Crippen molar-refractivity contribution in [1.82, 2.24) is 4.90 Å². The van der Waals surface area contributed by atoms with Gasteiger partial charge in [0.2, 0.25) is 0 Å². The van der Waals surface area contributed by atoms with Crippen LogP contribution in [0.15, 0.2) is 18.2 Å². The van der Waals surface area contributed by atoms with Crippen LogP contribution >= 0.6 is 0 Å². The largest absolute Gasteiger partial charge is 0.329 e. The van der Waals surface area contributed by atoms with Gasteiger partial charge in [-0.05, 0) is 63.3 Å². The molecule has 0 fully saturated rings. The van der Waals surface area contributed by atoms with E-state index in [2.05, 4.69) is 44.0 Å². The lowest BCUT2D eigenvalue weighted by molar-refractivity contribution is 0.166. The quantitative estimate of drug-likeness (QED) is 0.864. The SMILES string of the molecule is CN(CCc1ccc2c(c1)CCC2)C(C)(C)CN. The fourth-order valence-corrected chi connectivity index (χ4v) is 2.54. The van der Waals surface area contributed by atoms with Crippen LogP contribution in [0.3, 0.4) is 0 Å². The van der Waals surface area contributed by atoms with Gasteiger partial charge in [0, 0.05) is 18.6 Å². The van der Waals surface area contributed by atoms with E-state index in [1.165, 1.54) is 24.8 Å². The molecule has 0 bridgehead atoms. The third kappa shape index (κ3) is 2.93. The summed E-state index contributed by atoms with van der Waals surface area (Å²) in [4.78, 5) is 2.36. The van der Waals surface area contributed by atoms with Gasteiger partial charge in [-0.3, -0.25) is 4.90 Å². The molecule has 0 heterocycles. The van der Waals surface area contributed by atoms with Crippen molar-refractivity contribution in [1.29, 1.82) is 0 Å². The molecule has 2 nitrogen and oxygen atoms in total. The van der Waals surface area contributed by atoms with Gasteiger partial charge in [-0.25, -0.2) is 0 Å². The lowest BCUT2D eigenvalue weighted by Gasteiger charge is -2.34. The number of hydrogen-bond donors (Lipinski definition) is 1. The lowest BCUT2D eigenvalue weighted by atomic mass is 10.0. The molecule has 0 amide bonds. The highest BCUT2D eigenvalue weighted by atomic mass is 15.2. The molecule has 18 heavy (non-hydrogen) atoms. The topological polar surface area (TPSA) is 29.3 Å². The monoisotopic (exact) mass is 246 g/mol. The van der Waals surface area contributed by atoms with Gasteiger partial charge in [-0.1, -0.05) is 18.2 Å². The molecule has 2 N–H and O–H groups in total. The van der Waals surface area contributed by atoms with E-state index < -0.39 is 0 Å². The number of hydrogen-bond acceptors (Lipinski definition) is 2. The second kappa shape index (κ2) is 5.41. The fourth-order valence-electron chi connectivity index (χ4n) is 2.54. The molecule has 0 atom stereocenters. The van der Waals surface area contributed by atoms with E-state index in [0.29, 0.717) is 6.54 Å². The van der Waals surface area contributed by atoms with Crippen molar-refractivity contribution in [3.63, 3.8) is 0 Å². The third-order valence-corrected chi connectivity index (χ3v) is 4.43. The minimum absolute atomic E-state index is 0.0940. The predicted molar refractivity (Wildman–Crippen MR) is 77.9 cm³/mol. The third-order valence-electron chi connectivity index (χ3n) is 4.43. The molecule has 2 rings (SSSR count). The van der Waals surface area contributed by atoms with Crippen LogP contribution in [0.5, 0.6) is 0 Å². The summed E-state index contributed by atoms with van der Waals surface area (Å²) in [5, 5.41) is 0. The van der Waals surface area contributed by atoms with Crippen LogP contribution in [0.4, 0.5) is 0 Å². The first kappa shape index (κ1) is 13.6. The number of rotatable bonds is 5. The number of fused-ring (bicyclic) bond motifs is 1. The summed E-state index contributed by atoms with van der Waals surface area (Å²) in [5.41, 5.74) is 10.5. The zero-order valence-electron chi connectivity index (χ0n) is 12.0. The maximum atomic E-state index is 5.81. The molecule has 2 heteroatoms. The minimum Gasteiger partial charge on any atom is -0.329 e. The summed E-state index contributed by atoms with van der Waals surface area (Å²) < 4.78 is 0. The zero-order valence-corrected chi connectivity index (χ0v) is 12.0. The normalized spacial score (nSPS) is 15.2. The molecular weight excluding hydrogens is 220 g/mol. The van der Waals surface area contributed by atoms with E-state index in [1.807, 2.05) is 0 Å². The highest BCUT2D eigenvalue weighted by molar-refractivity contribution is 5.35. The number of likely N-dealkylation sites (N-methyl/N-ethyl adjacent to an activating group) is 1. The molecule has 100 valence electrons. The molecule has 1 aliphatic rings. The van der Waals surface area contributed by atoms with Crippen LogP contribution < -0.4 is 5.73 Å². The Morgan fingerprint density at radius 2 is 1.94 bits per heavy atom. The Kier molecular flexibility index (Phi) is 4.08. The van der Waals surface area contributed by atoms with Crippen LogP contribution in [-0.4, -0.2) is 30.6 Å². The Labute approximate surface area is 111 Å². The smallest absolute Gasteiger partial charge is 0.0272 e. The van der Waals surface area contributed by atoms with Gasteiger partial charge in [-0.2, -0.15) is 0 Å². The molecule has 1 aliphatic carbocycles. The summed E-state index contributed by atoms with van der Waals surface area (Å²) in [5.74, 6) is 0. The van der Waals surface area contributed by atoms with Crippen LogP contribution in [0, 0.1) is 0 Å². The molecule has 0 saturated carbocycles. The summed E-state index contributed by atoms with van der Waals surface area (Å²) >= 11 is 0. The Hall–Kier alpha value is -0.860. The number of nitrogens with two attached hydrogens (primary N) is 1. The van der Waals surface area contributed by atoms with Gasteiger partial charge in [-0.15, -0.1) is 0 Å². The molecule has 0 radical (unpaired) electrons. The standard InChI is InChI=1S/C16H26N2/c1-16(2,12-17)18(3)10-9-13-7-8-14-5-4-6-15(14)11-13/h7-8,11H,4-6,9-10,12,17H2,1-3H3. The molecule has 0 spiro atoms. The van der Waals surface area contributed by atoms with Crippen molar-refractivity contribution in [2.45, 2.75) is 45.1 Å². The van der Waals surface area contributed by atoms with Crippen molar-refractivity contribution in [2.24, 2.45) is 5.73 Å². The van der Waals surface area contributed by atoms with E-state index in [1.54, 1.807) is 11.1 Å². The van der Waals surface area contributed by atoms with E-state index >= 15 is 0 Å². The van der Waals surface area contributed by atoms with Crippen LogP contribution in [-0.2, 0) is 19.3 Å². The summed E-state index contributed by atoms with van der Waals surface area (Å²) in [6.45, 7) is 6.18. The Morgan fingerprint density at radius 1 is 1.22 bits per heavy atom. The second-order valence-corrected chi connectivity index (χ2v) is 6.14. The molecule has 0 saturated heterocycles. The maximum Gasteiger partial charge on any atom is 0.0272 e. The minimum atomic E-state index is 0.0940. The maximum absolute atomic E-state index is 5.81. The fraction of sp³-hybridized carbons (Fsp3) is 0.625. The van der Waals surface area contributed by atoms with E-state index in [4.69, 9.17) is 5.73 Å². The molecule has 0 aliphatic heterocycles. The number of benzene rings is 1. The van der Waals surface area contributed by atoms with Crippen LogP contribution in [0.1, 0.15) is 37.0 Å². The summed E-state index contributed by atoms with van der Waals surface area (Å²) in [6, 6.07) is 7.03. The van der Waals surface area contributed by atoms with E-state index in [9.17, 15) is 0 Å². The van der Waals surface area contributed by atoms with Crippen LogP contribution in [0.25, 0.3) is 0 Å². The highest BCUT2D eigenvalue weighted by Gasteiger charge is 2.21. The summed E-state index contributed by atoms with van der Waals surface area (Å²) in [7, 11) is 2.17. The van der Waals surface area contributed by atoms with E-state index in [-0.39, 0.29) is 5.54 Å². The van der Waals surface area contributed by atoms with Crippen molar-refractivity contribution in [3.8, 4) is 0 Å². The zero-order chi connectivity index (χ0) is 13.2. The van der Waals surface area contributed by atoms with Gasteiger partial charge >= 0.3 is 0 Å². The Balaban J connectivity index is 1.94. The Morgan fingerprint density at radius 3 is 2.67 bits per heavy atom. The van der Waals surface area contributed by atoms with Gasteiger partial charge < -0.3 is 5.73 Å². The van der Waals surface area contributed by atoms with E-state index in [0.717, 1.165) is 13.0 Å².